The van der Waals surface area contributed by atoms with E-state index in [9.17, 15) is 0 Å². The van der Waals surface area contributed by atoms with Gasteiger partial charge in [-0.3, -0.25) is 0 Å². The third-order valence-electron chi connectivity index (χ3n) is 6.34. The maximum atomic E-state index is 2.54. The first-order chi connectivity index (χ1) is 9.03. The van der Waals surface area contributed by atoms with Crippen LogP contribution in [-0.2, 0) is 0 Å². The summed E-state index contributed by atoms with van der Waals surface area (Å²) in [4.78, 5) is 0. The molecule has 0 aromatic rings. The van der Waals surface area contributed by atoms with Crippen LogP contribution in [0.25, 0.3) is 0 Å². The van der Waals surface area contributed by atoms with Crippen LogP contribution < -0.4 is 0 Å². The van der Waals surface area contributed by atoms with E-state index >= 15 is 0 Å². The highest BCUT2D eigenvalue weighted by molar-refractivity contribution is 4.83. The number of rotatable bonds is 7. The molecule has 0 nitrogen and oxygen atoms in total. The highest BCUT2D eigenvalue weighted by Gasteiger charge is 2.32. The fourth-order valence-corrected chi connectivity index (χ4v) is 4.37. The van der Waals surface area contributed by atoms with Gasteiger partial charge in [0.05, 0.1) is 0 Å². The van der Waals surface area contributed by atoms with E-state index in [0.717, 1.165) is 35.5 Å². The maximum absolute atomic E-state index is 2.54. The van der Waals surface area contributed by atoms with Crippen LogP contribution in [0.2, 0.25) is 0 Å². The van der Waals surface area contributed by atoms with E-state index in [2.05, 4.69) is 41.5 Å². The Hall–Kier alpha value is 0. The molecule has 0 N–H and O–H groups in total. The van der Waals surface area contributed by atoms with Crippen LogP contribution in [0.1, 0.15) is 86.5 Å². The third-order valence-corrected chi connectivity index (χ3v) is 6.34. The molecule has 6 unspecified atom stereocenters. The maximum Gasteiger partial charge on any atom is -0.0360 e. The molecule has 0 aliphatic heterocycles. The molecule has 0 heteroatoms. The van der Waals surface area contributed by atoms with E-state index in [0.29, 0.717) is 0 Å². The van der Waals surface area contributed by atoms with Crippen LogP contribution in [-0.4, -0.2) is 0 Å². The van der Waals surface area contributed by atoms with Crippen LogP contribution >= 0.6 is 0 Å². The zero-order chi connectivity index (χ0) is 14.4. The van der Waals surface area contributed by atoms with Crippen LogP contribution in [0.4, 0.5) is 0 Å². The zero-order valence-electron chi connectivity index (χ0n) is 14.4. The van der Waals surface area contributed by atoms with Crippen molar-refractivity contribution in [2.75, 3.05) is 0 Å². The lowest BCUT2D eigenvalue weighted by molar-refractivity contribution is 0.105. The lowest BCUT2D eigenvalue weighted by Crippen LogP contribution is -2.30. The minimum Gasteiger partial charge on any atom is -0.0651 e. The second-order valence-electron chi connectivity index (χ2n) is 7.50. The summed E-state index contributed by atoms with van der Waals surface area (Å²) < 4.78 is 0. The molecule has 0 radical (unpaired) electrons. The Labute approximate surface area is 122 Å². The second-order valence-corrected chi connectivity index (χ2v) is 7.50. The predicted octanol–water partition coefficient (Wildman–Crippen LogP) is 6.55. The van der Waals surface area contributed by atoms with Crippen LogP contribution in [0.5, 0.6) is 0 Å². The van der Waals surface area contributed by atoms with Crippen molar-refractivity contribution in [3.63, 3.8) is 0 Å². The molecule has 19 heavy (non-hydrogen) atoms. The quantitative estimate of drug-likeness (QED) is 0.490. The average Bonchev–Trinajstić information content (AvgIpc) is 2.45. The number of hydrogen-bond acceptors (Lipinski definition) is 0. The van der Waals surface area contributed by atoms with Crippen molar-refractivity contribution >= 4 is 0 Å². The van der Waals surface area contributed by atoms with Gasteiger partial charge >= 0.3 is 0 Å². The molecule has 6 atom stereocenters. The monoisotopic (exact) mass is 266 g/mol. The van der Waals surface area contributed by atoms with E-state index in [-0.39, 0.29) is 0 Å². The first-order valence-electron chi connectivity index (χ1n) is 9.03. The largest absolute Gasteiger partial charge is 0.0651 e. The van der Waals surface area contributed by atoms with Crippen molar-refractivity contribution in [3.05, 3.63) is 0 Å². The van der Waals surface area contributed by atoms with Gasteiger partial charge in [-0.15, -0.1) is 0 Å². The average molecular weight is 267 g/mol. The molecule has 1 saturated carbocycles. The summed E-state index contributed by atoms with van der Waals surface area (Å²) in [6, 6.07) is 0. The van der Waals surface area contributed by atoms with E-state index in [4.69, 9.17) is 0 Å². The normalized spacial score (nSPS) is 32.8. The van der Waals surface area contributed by atoms with Crippen molar-refractivity contribution in [2.24, 2.45) is 35.5 Å². The van der Waals surface area contributed by atoms with Gasteiger partial charge in [0.25, 0.3) is 0 Å². The van der Waals surface area contributed by atoms with Crippen molar-refractivity contribution in [3.8, 4) is 0 Å². The molecule has 0 saturated heterocycles. The molecular formula is C19H38. The Morgan fingerprint density at radius 1 is 0.895 bits per heavy atom. The highest BCUT2D eigenvalue weighted by atomic mass is 14.4. The minimum atomic E-state index is 0.898. The topological polar surface area (TPSA) is 0 Å². The summed E-state index contributed by atoms with van der Waals surface area (Å²) >= 11 is 0. The smallest absolute Gasteiger partial charge is 0.0360 e. The Bertz CT molecular complexity index is 232. The molecule has 0 spiro atoms. The SMILES string of the molecule is CCC1CCC(C(C)CC(C)C(C)CC)C(CC)C1. The fraction of sp³-hybridized carbons (Fsp3) is 1.00. The van der Waals surface area contributed by atoms with Crippen molar-refractivity contribution in [1.82, 2.24) is 0 Å². The third kappa shape index (κ3) is 4.80. The molecule has 0 amide bonds. The summed E-state index contributed by atoms with van der Waals surface area (Å²) in [5.74, 6) is 5.79. The van der Waals surface area contributed by atoms with Gasteiger partial charge in [0.2, 0.25) is 0 Å². The molecule has 1 aliphatic rings. The van der Waals surface area contributed by atoms with Crippen LogP contribution in [0, 0.1) is 35.5 Å². The van der Waals surface area contributed by atoms with Crippen LogP contribution in [0.3, 0.4) is 0 Å². The van der Waals surface area contributed by atoms with Gasteiger partial charge in [-0.05, 0) is 54.8 Å². The van der Waals surface area contributed by atoms with Crippen molar-refractivity contribution < 1.29 is 0 Å². The lowest BCUT2D eigenvalue weighted by Gasteiger charge is -2.40. The molecule has 0 aromatic carbocycles. The van der Waals surface area contributed by atoms with Gasteiger partial charge in [-0.1, -0.05) is 67.2 Å². The predicted molar refractivity (Wildman–Crippen MR) is 87.3 cm³/mol. The van der Waals surface area contributed by atoms with Gasteiger partial charge in [-0.25, -0.2) is 0 Å². The van der Waals surface area contributed by atoms with Gasteiger partial charge in [0.15, 0.2) is 0 Å². The molecule has 114 valence electrons. The molecule has 0 aromatic heterocycles. The molecular weight excluding hydrogens is 228 g/mol. The van der Waals surface area contributed by atoms with Gasteiger partial charge < -0.3 is 0 Å². The summed E-state index contributed by atoms with van der Waals surface area (Å²) in [5.41, 5.74) is 0. The van der Waals surface area contributed by atoms with Gasteiger partial charge in [0, 0.05) is 0 Å². The van der Waals surface area contributed by atoms with Crippen LogP contribution in [0.15, 0.2) is 0 Å². The van der Waals surface area contributed by atoms with Gasteiger partial charge in [0.1, 0.15) is 0 Å². The lowest BCUT2D eigenvalue weighted by atomic mass is 9.66. The standard InChI is InChI=1S/C19H38/c1-7-14(4)15(5)12-16(6)19-11-10-17(8-2)13-18(19)9-3/h14-19H,7-13H2,1-6H3. The Morgan fingerprint density at radius 3 is 2.11 bits per heavy atom. The first kappa shape index (κ1) is 17.1. The van der Waals surface area contributed by atoms with E-state index in [1.54, 1.807) is 0 Å². The second kappa shape index (κ2) is 8.32. The Balaban J connectivity index is 2.53. The van der Waals surface area contributed by atoms with E-state index < -0.39 is 0 Å². The Morgan fingerprint density at radius 2 is 1.58 bits per heavy atom. The van der Waals surface area contributed by atoms with Gasteiger partial charge in [-0.2, -0.15) is 0 Å². The zero-order valence-corrected chi connectivity index (χ0v) is 14.4. The molecule has 1 aliphatic carbocycles. The summed E-state index contributed by atoms with van der Waals surface area (Å²) in [6.07, 6.45) is 10.1. The molecule has 0 heterocycles. The van der Waals surface area contributed by atoms with Crippen molar-refractivity contribution in [2.45, 2.75) is 86.5 Å². The highest BCUT2D eigenvalue weighted by Crippen LogP contribution is 2.43. The summed E-state index contributed by atoms with van der Waals surface area (Å²) in [7, 11) is 0. The first-order valence-corrected chi connectivity index (χ1v) is 9.03. The fourth-order valence-electron chi connectivity index (χ4n) is 4.37. The van der Waals surface area contributed by atoms with Crippen molar-refractivity contribution in [1.29, 1.82) is 0 Å². The number of hydrogen-bond donors (Lipinski definition) is 0. The molecule has 1 rings (SSSR count). The molecule has 1 fully saturated rings. The van der Waals surface area contributed by atoms with E-state index in [1.807, 2.05) is 0 Å². The molecule has 0 bridgehead atoms. The summed E-state index contributed by atoms with van der Waals surface area (Å²) in [6.45, 7) is 14.6. The summed E-state index contributed by atoms with van der Waals surface area (Å²) in [5, 5.41) is 0. The van der Waals surface area contributed by atoms with E-state index in [1.165, 1.54) is 44.9 Å². The Kier molecular flexibility index (Phi) is 7.47. The minimum absolute atomic E-state index is 0.898.